The van der Waals surface area contributed by atoms with Gasteiger partial charge in [0.15, 0.2) is 0 Å². The molecule has 2 amide bonds. The first-order valence-corrected chi connectivity index (χ1v) is 13.1. The molecule has 1 aliphatic carbocycles. The van der Waals surface area contributed by atoms with Crippen molar-refractivity contribution in [3.05, 3.63) is 78.0 Å². The second-order valence-corrected chi connectivity index (χ2v) is 10.9. The average molecular weight is 487 g/mol. The van der Waals surface area contributed by atoms with Gasteiger partial charge in [-0.15, -0.1) is 0 Å². The maximum Gasteiger partial charge on any atom is 0.245 e. The minimum Gasteiger partial charge on any atom is -0.329 e. The van der Waals surface area contributed by atoms with Crippen molar-refractivity contribution in [2.75, 3.05) is 11.9 Å². The van der Waals surface area contributed by atoms with Gasteiger partial charge in [-0.25, -0.2) is 4.68 Å². The molecule has 0 saturated heterocycles. The summed E-state index contributed by atoms with van der Waals surface area (Å²) in [6, 6.07) is 21.6. The minimum atomic E-state index is -0.224. The summed E-state index contributed by atoms with van der Waals surface area (Å²) in [4.78, 5) is 28.2. The fourth-order valence-electron chi connectivity index (χ4n) is 4.78. The van der Waals surface area contributed by atoms with Gasteiger partial charge in [-0.1, -0.05) is 95.0 Å². The molecule has 4 rings (SSSR count). The minimum absolute atomic E-state index is 0.00319. The maximum atomic E-state index is 13.3. The lowest BCUT2D eigenvalue weighted by Gasteiger charge is -2.23. The van der Waals surface area contributed by atoms with Crippen molar-refractivity contribution in [2.45, 2.75) is 71.3 Å². The number of hydrogen-bond acceptors (Lipinski definition) is 3. The highest BCUT2D eigenvalue weighted by atomic mass is 16.2. The van der Waals surface area contributed by atoms with E-state index in [2.05, 4.69) is 26.1 Å². The van der Waals surface area contributed by atoms with E-state index < -0.39 is 0 Å². The van der Waals surface area contributed by atoms with Gasteiger partial charge in [0.2, 0.25) is 11.8 Å². The Morgan fingerprint density at radius 1 is 1.00 bits per heavy atom. The second-order valence-electron chi connectivity index (χ2n) is 10.9. The van der Waals surface area contributed by atoms with Gasteiger partial charge in [0.25, 0.3) is 0 Å². The Hall–Kier alpha value is -3.41. The summed E-state index contributed by atoms with van der Waals surface area (Å²) >= 11 is 0. The fraction of sp³-hybridized carbons (Fsp3) is 0.433. The highest BCUT2D eigenvalue weighted by Gasteiger charge is 2.24. The van der Waals surface area contributed by atoms with Crippen molar-refractivity contribution in [2.24, 2.45) is 5.92 Å². The summed E-state index contributed by atoms with van der Waals surface area (Å²) in [5.41, 5.74) is 2.60. The van der Waals surface area contributed by atoms with Crippen LogP contribution < -0.4 is 5.32 Å². The summed E-state index contributed by atoms with van der Waals surface area (Å²) in [6.07, 6.45) is 6.35. The number of aromatic nitrogens is 2. The van der Waals surface area contributed by atoms with Crippen LogP contribution in [0.2, 0.25) is 0 Å². The predicted molar refractivity (Wildman–Crippen MR) is 144 cm³/mol. The number of para-hydroxylation sites is 1. The number of hydrogen-bond donors (Lipinski definition) is 1. The molecule has 0 bridgehead atoms. The van der Waals surface area contributed by atoms with Crippen molar-refractivity contribution >= 4 is 17.6 Å². The first-order valence-electron chi connectivity index (χ1n) is 13.1. The van der Waals surface area contributed by atoms with E-state index in [1.807, 2.05) is 66.7 Å². The number of rotatable bonds is 9. The molecule has 6 heteroatoms. The van der Waals surface area contributed by atoms with E-state index in [0.29, 0.717) is 24.7 Å². The molecule has 2 aromatic carbocycles. The van der Waals surface area contributed by atoms with Gasteiger partial charge in [-0.3, -0.25) is 9.59 Å². The first kappa shape index (κ1) is 25.7. The standard InChI is InChI=1S/C30H38N4O2/c1-30(2,3)26-20-27(34(32-26)25-16-8-5-9-17-25)31-28(35)22-33(21-24-14-6-4-7-15-24)29(36)19-18-23-12-10-11-13-23/h4-9,14-17,20,23H,10-13,18-19,21-22H2,1-3H3,(H,31,35). The number of nitrogens with one attached hydrogen (secondary N) is 1. The first-order chi connectivity index (χ1) is 17.3. The smallest absolute Gasteiger partial charge is 0.245 e. The van der Waals surface area contributed by atoms with Crippen molar-refractivity contribution in [1.29, 1.82) is 0 Å². The zero-order valence-corrected chi connectivity index (χ0v) is 21.7. The Bertz CT molecular complexity index is 1140. The Morgan fingerprint density at radius 2 is 1.64 bits per heavy atom. The van der Waals surface area contributed by atoms with E-state index in [1.54, 1.807) is 9.58 Å². The van der Waals surface area contributed by atoms with E-state index in [0.717, 1.165) is 23.4 Å². The quantitative estimate of drug-likeness (QED) is 0.397. The molecule has 1 heterocycles. The summed E-state index contributed by atoms with van der Waals surface area (Å²) in [5, 5.41) is 7.82. The third-order valence-corrected chi connectivity index (χ3v) is 6.89. The SMILES string of the molecule is CC(C)(C)c1cc(NC(=O)CN(Cc2ccccc2)C(=O)CCC2CCCC2)n(-c2ccccc2)n1. The van der Waals surface area contributed by atoms with Crippen LogP contribution in [0.1, 0.15) is 70.6 Å². The molecule has 6 nitrogen and oxygen atoms in total. The van der Waals surface area contributed by atoms with Gasteiger partial charge in [0.1, 0.15) is 12.4 Å². The lowest BCUT2D eigenvalue weighted by Crippen LogP contribution is -2.38. The van der Waals surface area contributed by atoms with E-state index in [1.165, 1.54) is 25.7 Å². The Morgan fingerprint density at radius 3 is 2.28 bits per heavy atom. The molecular formula is C30H38N4O2. The van der Waals surface area contributed by atoms with Crippen LogP contribution in [0.15, 0.2) is 66.7 Å². The normalized spacial score (nSPS) is 14.1. The number of amides is 2. The second kappa shape index (κ2) is 11.5. The van der Waals surface area contributed by atoms with Crippen LogP contribution in [0.5, 0.6) is 0 Å². The summed E-state index contributed by atoms with van der Waals surface area (Å²) < 4.78 is 1.77. The number of anilines is 1. The molecule has 1 N–H and O–H groups in total. The van der Waals surface area contributed by atoms with Crippen molar-refractivity contribution in [3.63, 3.8) is 0 Å². The third kappa shape index (κ3) is 6.84. The van der Waals surface area contributed by atoms with E-state index in [9.17, 15) is 9.59 Å². The molecule has 0 radical (unpaired) electrons. The molecular weight excluding hydrogens is 448 g/mol. The highest BCUT2D eigenvalue weighted by Crippen LogP contribution is 2.29. The zero-order valence-electron chi connectivity index (χ0n) is 21.7. The number of nitrogens with zero attached hydrogens (tertiary/aromatic N) is 3. The molecule has 3 aromatic rings. The van der Waals surface area contributed by atoms with E-state index in [4.69, 9.17) is 5.10 Å². The molecule has 36 heavy (non-hydrogen) atoms. The topological polar surface area (TPSA) is 67.2 Å². The number of benzene rings is 2. The molecule has 0 atom stereocenters. The summed E-state index contributed by atoms with van der Waals surface area (Å²) in [5.74, 6) is 1.05. The van der Waals surface area contributed by atoms with Crippen LogP contribution in [0.3, 0.4) is 0 Å². The van der Waals surface area contributed by atoms with Crippen LogP contribution in [0.4, 0.5) is 5.82 Å². The number of carbonyl (C=O) groups excluding carboxylic acids is 2. The van der Waals surface area contributed by atoms with E-state index in [-0.39, 0.29) is 23.8 Å². The van der Waals surface area contributed by atoms with Crippen LogP contribution >= 0.6 is 0 Å². The zero-order chi connectivity index (χ0) is 25.5. The summed E-state index contributed by atoms with van der Waals surface area (Å²) in [6.45, 7) is 6.72. The van der Waals surface area contributed by atoms with Gasteiger partial charge < -0.3 is 10.2 Å². The molecule has 0 aliphatic heterocycles. The molecule has 190 valence electrons. The van der Waals surface area contributed by atoms with Crippen LogP contribution in [-0.4, -0.2) is 33.0 Å². The molecule has 1 aliphatic rings. The lowest BCUT2D eigenvalue weighted by molar-refractivity contribution is -0.135. The monoisotopic (exact) mass is 486 g/mol. The average Bonchev–Trinajstić information content (AvgIpc) is 3.53. The van der Waals surface area contributed by atoms with Gasteiger partial charge in [0, 0.05) is 24.4 Å². The van der Waals surface area contributed by atoms with Crippen LogP contribution in [0.25, 0.3) is 5.69 Å². The number of carbonyl (C=O) groups is 2. The maximum absolute atomic E-state index is 13.3. The summed E-state index contributed by atoms with van der Waals surface area (Å²) in [7, 11) is 0. The third-order valence-electron chi connectivity index (χ3n) is 6.89. The van der Waals surface area contributed by atoms with Crippen molar-refractivity contribution in [3.8, 4) is 5.69 Å². The van der Waals surface area contributed by atoms with Gasteiger partial charge in [-0.05, 0) is 30.0 Å². The fourth-order valence-corrected chi connectivity index (χ4v) is 4.78. The van der Waals surface area contributed by atoms with Gasteiger partial charge >= 0.3 is 0 Å². The van der Waals surface area contributed by atoms with Crippen molar-refractivity contribution in [1.82, 2.24) is 14.7 Å². The molecule has 0 spiro atoms. The Kier molecular flexibility index (Phi) is 8.24. The van der Waals surface area contributed by atoms with E-state index >= 15 is 0 Å². The van der Waals surface area contributed by atoms with Gasteiger partial charge in [-0.2, -0.15) is 5.10 Å². The highest BCUT2D eigenvalue weighted by molar-refractivity contribution is 5.94. The largest absolute Gasteiger partial charge is 0.329 e. The van der Waals surface area contributed by atoms with Crippen LogP contribution in [-0.2, 0) is 21.5 Å². The molecule has 1 aromatic heterocycles. The predicted octanol–water partition coefficient (Wildman–Crippen LogP) is 6.11. The van der Waals surface area contributed by atoms with Gasteiger partial charge in [0.05, 0.1) is 11.4 Å². The molecule has 0 unspecified atom stereocenters. The Labute approximate surface area is 214 Å². The molecule has 1 fully saturated rings. The lowest BCUT2D eigenvalue weighted by atomic mass is 9.92. The van der Waals surface area contributed by atoms with Crippen LogP contribution in [0, 0.1) is 5.92 Å². The molecule has 1 saturated carbocycles. The Balaban J connectivity index is 1.50. The van der Waals surface area contributed by atoms with Crippen molar-refractivity contribution < 1.29 is 9.59 Å².